The fourth-order valence-electron chi connectivity index (χ4n) is 5.94. The van der Waals surface area contributed by atoms with Crippen LogP contribution in [0.3, 0.4) is 0 Å². The SMILES string of the molecule is CCOC(=O)c1ccccc1NC(=O)C1c2ccccc2C(=O)N(C2CCCCC2)C1c1ccc(OC)cc1. The van der Waals surface area contributed by atoms with Crippen molar-refractivity contribution in [2.24, 2.45) is 0 Å². The predicted molar refractivity (Wildman–Crippen MR) is 149 cm³/mol. The number of carbonyl (C=O) groups excluding carboxylic acids is 3. The number of nitrogens with zero attached hydrogens (tertiary/aromatic N) is 1. The van der Waals surface area contributed by atoms with E-state index in [0.29, 0.717) is 22.6 Å². The first-order chi connectivity index (χ1) is 19.0. The third-order valence-electron chi connectivity index (χ3n) is 7.76. The normalized spacial score (nSPS) is 19.2. The largest absolute Gasteiger partial charge is 0.497 e. The Kier molecular flexibility index (Phi) is 7.96. The fourth-order valence-corrected chi connectivity index (χ4v) is 5.94. The lowest BCUT2D eigenvalue weighted by molar-refractivity contribution is -0.119. The summed E-state index contributed by atoms with van der Waals surface area (Å²) < 4.78 is 10.6. The molecule has 1 saturated carbocycles. The molecule has 202 valence electrons. The minimum Gasteiger partial charge on any atom is -0.497 e. The summed E-state index contributed by atoms with van der Waals surface area (Å²) in [4.78, 5) is 42.9. The van der Waals surface area contributed by atoms with Gasteiger partial charge in [0, 0.05) is 11.6 Å². The summed E-state index contributed by atoms with van der Waals surface area (Å²) in [7, 11) is 1.61. The molecule has 7 nitrogen and oxygen atoms in total. The van der Waals surface area contributed by atoms with Gasteiger partial charge in [-0.2, -0.15) is 0 Å². The second kappa shape index (κ2) is 11.7. The molecule has 0 aromatic heterocycles. The number of hydrogen-bond acceptors (Lipinski definition) is 5. The summed E-state index contributed by atoms with van der Waals surface area (Å²) in [5.74, 6) is -0.815. The summed E-state index contributed by atoms with van der Waals surface area (Å²) >= 11 is 0. The number of fused-ring (bicyclic) bond motifs is 1. The Bertz CT molecular complexity index is 1350. The van der Waals surface area contributed by atoms with E-state index >= 15 is 0 Å². The summed E-state index contributed by atoms with van der Waals surface area (Å²) in [5.41, 5.74) is 2.77. The predicted octanol–water partition coefficient (Wildman–Crippen LogP) is 6.12. The first-order valence-corrected chi connectivity index (χ1v) is 13.7. The lowest BCUT2D eigenvalue weighted by Crippen LogP contribution is -2.51. The number of rotatable bonds is 7. The van der Waals surface area contributed by atoms with Crippen molar-refractivity contribution in [3.8, 4) is 5.75 Å². The molecule has 0 saturated heterocycles. The minimum atomic E-state index is -0.690. The lowest BCUT2D eigenvalue weighted by Gasteiger charge is -2.46. The number of esters is 1. The molecule has 1 aliphatic carbocycles. The van der Waals surface area contributed by atoms with Gasteiger partial charge in [0.15, 0.2) is 0 Å². The maximum Gasteiger partial charge on any atom is 0.340 e. The van der Waals surface area contributed by atoms with E-state index in [0.717, 1.165) is 37.7 Å². The molecule has 1 fully saturated rings. The van der Waals surface area contributed by atoms with Crippen molar-refractivity contribution in [1.82, 2.24) is 4.90 Å². The average molecular weight is 527 g/mol. The highest BCUT2D eigenvalue weighted by atomic mass is 16.5. The van der Waals surface area contributed by atoms with Crippen LogP contribution in [-0.4, -0.2) is 42.4 Å². The summed E-state index contributed by atoms with van der Waals surface area (Å²) in [5, 5.41) is 3.02. The monoisotopic (exact) mass is 526 g/mol. The number of para-hydroxylation sites is 1. The molecule has 0 radical (unpaired) electrons. The minimum absolute atomic E-state index is 0.0360. The van der Waals surface area contributed by atoms with Crippen molar-refractivity contribution in [1.29, 1.82) is 0 Å². The maximum atomic E-state index is 14.3. The molecule has 39 heavy (non-hydrogen) atoms. The number of ether oxygens (including phenoxy) is 2. The summed E-state index contributed by atoms with van der Waals surface area (Å²) in [6, 6.07) is 21.4. The molecule has 1 heterocycles. The zero-order valence-corrected chi connectivity index (χ0v) is 22.4. The number of carbonyl (C=O) groups is 3. The van der Waals surface area contributed by atoms with Crippen LogP contribution in [0.15, 0.2) is 72.8 Å². The molecule has 2 unspecified atom stereocenters. The second-order valence-corrected chi connectivity index (χ2v) is 10.0. The molecule has 2 aliphatic rings. The van der Waals surface area contributed by atoms with E-state index in [-0.39, 0.29) is 30.0 Å². The van der Waals surface area contributed by atoms with E-state index in [4.69, 9.17) is 9.47 Å². The standard InChI is InChI=1S/C32H34N2O5/c1-3-39-32(37)26-15-9-10-16-27(26)33-30(35)28-24-13-7-8-14-25(24)31(36)34(22-11-5-4-6-12-22)29(28)21-17-19-23(38-2)20-18-21/h7-10,13-20,22,28-29H,3-6,11-12H2,1-2H3,(H,33,35). The first kappa shape index (κ1) is 26.5. The van der Waals surface area contributed by atoms with Crippen LogP contribution in [-0.2, 0) is 9.53 Å². The molecular formula is C32H34N2O5. The number of anilines is 1. The Balaban J connectivity index is 1.62. The first-order valence-electron chi connectivity index (χ1n) is 13.7. The lowest BCUT2D eigenvalue weighted by atomic mass is 9.77. The number of nitrogens with one attached hydrogen (secondary N) is 1. The van der Waals surface area contributed by atoms with Crippen molar-refractivity contribution in [3.63, 3.8) is 0 Å². The van der Waals surface area contributed by atoms with E-state index in [1.54, 1.807) is 38.3 Å². The molecule has 2 atom stereocenters. The molecule has 1 aliphatic heterocycles. The van der Waals surface area contributed by atoms with Crippen molar-refractivity contribution < 1.29 is 23.9 Å². The van der Waals surface area contributed by atoms with Gasteiger partial charge in [0.25, 0.3) is 5.91 Å². The number of methoxy groups -OCH3 is 1. The van der Waals surface area contributed by atoms with Crippen LogP contribution in [0, 0.1) is 0 Å². The number of hydrogen-bond donors (Lipinski definition) is 1. The van der Waals surface area contributed by atoms with Gasteiger partial charge >= 0.3 is 5.97 Å². The van der Waals surface area contributed by atoms with Crippen LogP contribution >= 0.6 is 0 Å². The second-order valence-electron chi connectivity index (χ2n) is 10.0. The Labute approximate surface area is 229 Å². The Morgan fingerprint density at radius 1 is 0.923 bits per heavy atom. The van der Waals surface area contributed by atoms with Gasteiger partial charge in [-0.1, -0.05) is 61.7 Å². The molecule has 7 heteroatoms. The van der Waals surface area contributed by atoms with Crippen molar-refractivity contribution in [2.75, 3.05) is 19.0 Å². The molecular weight excluding hydrogens is 492 g/mol. The molecule has 3 aromatic rings. The van der Waals surface area contributed by atoms with E-state index in [9.17, 15) is 14.4 Å². The van der Waals surface area contributed by atoms with Gasteiger partial charge in [0.05, 0.1) is 36.9 Å². The quantitative estimate of drug-likeness (QED) is 0.375. The molecule has 2 amide bonds. The van der Waals surface area contributed by atoms with Gasteiger partial charge in [-0.3, -0.25) is 9.59 Å². The number of benzene rings is 3. The van der Waals surface area contributed by atoms with Gasteiger partial charge in [-0.15, -0.1) is 0 Å². The highest BCUT2D eigenvalue weighted by Crippen LogP contribution is 2.46. The highest BCUT2D eigenvalue weighted by molar-refractivity contribution is 6.07. The van der Waals surface area contributed by atoms with Crippen molar-refractivity contribution in [3.05, 3.63) is 95.1 Å². The van der Waals surface area contributed by atoms with E-state index in [1.807, 2.05) is 53.4 Å². The Morgan fingerprint density at radius 2 is 1.62 bits per heavy atom. The maximum absolute atomic E-state index is 14.3. The fraction of sp³-hybridized carbons (Fsp3) is 0.344. The summed E-state index contributed by atoms with van der Waals surface area (Å²) in [6.45, 7) is 1.98. The highest BCUT2D eigenvalue weighted by Gasteiger charge is 2.46. The third kappa shape index (κ3) is 5.26. The smallest absolute Gasteiger partial charge is 0.340 e. The summed E-state index contributed by atoms with van der Waals surface area (Å²) in [6.07, 6.45) is 5.06. The van der Waals surface area contributed by atoms with E-state index in [1.165, 1.54) is 0 Å². The third-order valence-corrected chi connectivity index (χ3v) is 7.76. The van der Waals surface area contributed by atoms with Crippen LogP contribution in [0.2, 0.25) is 0 Å². The van der Waals surface area contributed by atoms with Gasteiger partial charge in [-0.25, -0.2) is 4.79 Å². The topological polar surface area (TPSA) is 84.9 Å². The Hall–Kier alpha value is -4.13. The van der Waals surface area contributed by atoms with Crippen molar-refractivity contribution in [2.45, 2.75) is 57.0 Å². The Morgan fingerprint density at radius 3 is 2.33 bits per heavy atom. The number of amides is 2. The van der Waals surface area contributed by atoms with E-state index in [2.05, 4.69) is 5.32 Å². The van der Waals surface area contributed by atoms with Crippen LogP contribution in [0.25, 0.3) is 0 Å². The van der Waals surface area contributed by atoms with Gasteiger partial charge in [0.1, 0.15) is 5.75 Å². The molecule has 3 aromatic carbocycles. The van der Waals surface area contributed by atoms with Gasteiger partial charge in [0.2, 0.25) is 5.91 Å². The van der Waals surface area contributed by atoms with E-state index < -0.39 is 17.9 Å². The molecule has 5 rings (SSSR count). The van der Waals surface area contributed by atoms with Gasteiger partial charge in [-0.05, 0) is 61.2 Å². The molecule has 0 bridgehead atoms. The zero-order valence-electron chi connectivity index (χ0n) is 22.4. The van der Waals surface area contributed by atoms with Crippen LogP contribution in [0.1, 0.15) is 82.8 Å². The molecule has 1 N–H and O–H groups in total. The zero-order chi connectivity index (χ0) is 27.4. The van der Waals surface area contributed by atoms with Gasteiger partial charge < -0.3 is 19.7 Å². The average Bonchev–Trinajstić information content (AvgIpc) is 2.98. The van der Waals surface area contributed by atoms with Crippen LogP contribution in [0.5, 0.6) is 5.75 Å². The molecule has 0 spiro atoms. The van der Waals surface area contributed by atoms with Crippen LogP contribution in [0.4, 0.5) is 5.69 Å². The van der Waals surface area contributed by atoms with Crippen LogP contribution < -0.4 is 10.1 Å². The van der Waals surface area contributed by atoms with Crippen molar-refractivity contribution >= 4 is 23.5 Å².